The Morgan fingerprint density at radius 3 is 2.67 bits per heavy atom. The molecule has 6 nitrogen and oxygen atoms in total. The van der Waals surface area contributed by atoms with Gasteiger partial charge in [-0.05, 0) is 29.8 Å². The van der Waals surface area contributed by atoms with Crippen molar-refractivity contribution in [3.8, 4) is 11.3 Å². The third kappa shape index (κ3) is 2.90. The largest absolute Gasteiger partial charge is 0.478 e. The molecule has 0 spiro atoms. The standard InChI is InChI=1S/C15H13NO5/c1-21-15(20)9-4-5-11(10(7-9)8-17)13-12(14(18)19)3-2-6-16-13/h2-7,17H,8H2,1H3,(H,18,19). The van der Waals surface area contributed by atoms with Crippen LogP contribution in [0, 0.1) is 0 Å². The van der Waals surface area contributed by atoms with E-state index in [2.05, 4.69) is 9.72 Å². The highest BCUT2D eigenvalue weighted by molar-refractivity contribution is 5.96. The van der Waals surface area contributed by atoms with Crippen LogP contribution in [0.25, 0.3) is 11.3 Å². The van der Waals surface area contributed by atoms with Crippen molar-refractivity contribution in [3.05, 3.63) is 53.2 Å². The van der Waals surface area contributed by atoms with E-state index >= 15 is 0 Å². The van der Waals surface area contributed by atoms with Gasteiger partial charge in [0.05, 0.1) is 30.5 Å². The second-order valence-electron chi connectivity index (χ2n) is 4.23. The number of aromatic carboxylic acids is 1. The summed E-state index contributed by atoms with van der Waals surface area (Å²) in [5.41, 5.74) is 1.41. The van der Waals surface area contributed by atoms with Crippen LogP contribution in [0.15, 0.2) is 36.5 Å². The quantitative estimate of drug-likeness (QED) is 0.831. The molecular weight excluding hydrogens is 274 g/mol. The molecule has 0 unspecified atom stereocenters. The summed E-state index contributed by atoms with van der Waals surface area (Å²) in [4.78, 5) is 26.8. The van der Waals surface area contributed by atoms with Crippen molar-refractivity contribution in [3.63, 3.8) is 0 Å². The Bertz CT molecular complexity index is 696. The number of carbonyl (C=O) groups excluding carboxylic acids is 1. The zero-order valence-corrected chi connectivity index (χ0v) is 11.2. The van der Waals surface area contributed by atoms with Crippen molar-refractivity contribution in [2.24, 2.45) is 0 Å². The number of aliphatic hydroxyl groups excluding tert-OH is 1. The second kappa shape index (κ2) is 6.15. The van der Waals surface area contributed by atoms with E-state index in [0.717, 1.165) is 0 Å². The monoisotopic (exact) mass is 287 g/mol. The summed E-state index contributed by atoms with van der Waals surface area (Å²) < 4.78 is 4.61. The lowest BCUT2D eigenvalue weighted by Crippen LogP contribution is -2.05. The van der Waals surface area contributed by atoms with Crippen LogP contribution >= 0.6 is 0 Å². The van der Waals surface area contributed by atoms with Crippen LogP contribution in [0.4, 0.5) is 0 Å². The van der Waals surface area contributed by atoms with Crippen LogP contribution in [0.5, 0.6) is 0 Å². The maximum Gasteiger partial charge on any atom is 0.337 e. The van der Waals surface area contributed by atoms with Gasteiger partial charge in [0.1, 0.15) is 0 Å². The number of hydrogen-bond donors (Lipinski definition) is 2. The molecule has 6 heteroatoms. The van der Waals surface area contributed by atoms with Gasteiger partial charge < -0.3 is 14.9 Å². The average molecular weight is 287 g/mol. The predicted octanol–water partition coefficient (Wildman–Crippen LogP) is 1.73. The minimum absolute atomic E-state index is 0.0259. The number of carboxylic acids is 1. The van der Waals surface area contributed by atoms with Gasteiger partial charge in [-0.25, -0.2) is 9.59 Å². The predicted molar refractivity (Wildman–Crippen MR) is 73.9 cm³/mol. The molecule has 1 heterocycles. The van der Waals surface area contributed by atoms with E-state index in [9.17, 15) is 19.8 Å². The molecule has 0 aliphatic rings. The number of methoxy groups -OCH3 is 1. The fourth-order valence-electron chi connectivity index (χ4n) is 1.99. The van der Waals surface area contributed by atoms with E-state index in [1.54, 1.807) is 6.07 Å². The van der Waals surface area contributed by atoms with E-state index in [-0.39, 0.29) is 23.4 Å². The number of aliphatic hydroxyl groups is 1. The number of ether oxygens (including phenoxy) is 1. The molecule has 21 heavy (non-hydrogen) atoms. The van der Waals surface area contributed by atoms with E-state index < -0.39 is 11.9 Å². The molecule has 2 aromatic rings. The van der Waals surface area contributed by atoms with Gasteiger partial charge in [0, 0.05) is 11.8 Å². The summed E-state index contributed by atoms with van der Waals surface area (Å²) in [6.07, 6.45) is 1.47. The van der Waals surface area contributed by atoms with Gasteiger partial charge in [0.2, 0.25) is 0 Å². The van der Waals surface area contributed by atoms with Crippen LogP contribution < -0.4 is 0 Å². The molecule has 0 atom stereocenters. The normalized spacial score (nSPS) is 10.2. The maximum absolute atomic E-state index is 11.5. The summed E-state index contributed by atoms with van der Waals surface area (Å²) in [7, 11) is 1.26. The Morgan fingerprint density at radius 2 is 2.05 bits per heavy atom. The topological polar surface area (TPSA) is 96.7 Å². The first-order chi connectivity index (χ1) is 10.1. The molecule has 0 aliphatic carbocycles. The molecule has 108 valence electrons. The van der Waals surface area contributed by atoms with Crippen molar-refractivity contribution in [1.29, 1.82) is 0 Å². The highest BCUT2D eigenvalue weighted by Gasteiger charge is 2.17. The highest BCUT2D eigenvalue weighted by Crippen LogP contribution is 2.26. The number of benzene rings is 1. The minimum atomic E-state index is -1.11. The summed E-state index contributed by atoms with van der Waals surface area (Å²) >= 11 is 0. The van der Waals surface area contributed by atoms with Gasteiger partial charge in [0.25, 0.3) is 0 Å². The summed E-state index contributed by atoms with van der Waals surface area (Å²) in [5.74, 6) is -1.64. The number of carboxylic acid groups (broad SMARTS) is 1. The molecular formula is C15H13NO5. The van der Waals surface area contributed by atoms with Crippen molar-refractivity contribution in [2.75, 3.05) is 7.11 Å². The van der Waals surface area contributed by atoms with Gasteiger partial charge in [-0.15, -0.1) is 0 Å². The van der Waals surface area contributed by atoms with Gasteiger partial charge >= 0.3 is 11.9 Å². The molecule has 0 saturated carbocycles. The Balaban J connectivity index is 2.60. The lowest BCUT2D eigenvalue weighted by molar-refractivity contribution is 0.0599. The maximum atomic E-state index is 11.5. The van der Waals surface area contributed by atoms with Gasteiger partial charge in [-0.1, -0.05) is 6.07 Å². The van der Waals surface area contributed by atoms with Crippen LogP contribution in [0.2, 0.25) is 0 Å². The first-order valence-corrected chi connectivity index (χ1v) is 6.09. The van der Waals surface area contributed by atoms with E-state index in [4.69, 9.17) is 0 Å². The summed E-state index contributed by atoms with van der Waals surface area (Å²) in [6.45, 7) is -0.351. The van der Waals surface area contributed by atoms with Gasteiger partial charge in [-0.3, -0.25) is 4.98 Å². The molecule has 0 bridgehead atoms. The SMILES string of the molecule is COC(=O)c1ccc(-c2ncccc2C(=O)O)c(CO)c1. The molecule has 0 fully saturated rings. The average Bonchev–Trinajstić information content (AvgIpc) is 2.53. The van der Waals surface area contributed by atoms with E-state index in [1.807, 2.05) is 0 Å². The van der Waals surface area contributed by atoms with Crippen LogP contribution in [0.1, 0.15) is 26.3 Å². The number of esters is 1. The van der Waals surface area contributed by atoms with E-state index in [0.29, 0.717) is 11.1 Å². The minimum Gasteiger partial charge on any atom is -0.478 e. The van der Waals surface area contributed by atoms with Crippen molar-refractivity contribution >= 4 is 11.9 Å². The number of pyridine rings is 1. The Labute approximate surface area is 120 Å². The lowest BCUT2D eigenvalue weighted by Gasteiger charge is -2.11. The number of rotatable bonds is 4. The van der Waals surface area contributed by atoms with Crippen molar-refractivity contribution < 1.29 is 24.5 Å². The third-order valence-electron chi connectivity index (χ3n) is 2.99. The zero-order chi connectivity index (χ0) is 15.4. The van der Waals surface area contributed by atoms with Gasteiger partial charge in [0.15, 0.2) is 0 Å². The van der Waals surface area contributed by atoms with Crippen molar-refractivity contribution in [2.45, 2.75) is 6.61 Å². The number of nitrogens with zero attached hydrogens (tertiary/aromatic N) is 1. The highest BCUT2D eigenvalue weighted by atomic mass is 16.5. The lowest BCUT2D eigenvalue weighted by atomic mass is 9.98. The number of aromatic nitrogens is 1. The number of hydrogen-bond acceptors (Lipinski definition) is 5. The third-order valence-corrected chi connectivity index (χ3v) is 2.99. The molecule has 2 N–H and O–H groups in total. The fourth-order valence-corrected chi connectivity index (χ4v) is 1.99. The number of carbonyl (C=O) groups is 2. The summed E-state index contributed by atoms with van der Waals surface area (Å²) in [5, 5.41) is 18.7. The molecule has 2 rings (SSSR count). The fraction of sp³-hybridized carbons (Fsp3) is 0.133. The zero-order valence-electron chi connectivity index (χ0n) is 11.2. The van der Waals surface area contributed by atoms with Crippen LogP contribution in [0.3, 0.4) is 0 Å². The molecule has 0 aliphatic heterocycles. The molecule has 1 aromatic heterocycles. The Hall–Kier alpha value is -2.73. The van der Waals surface area contributed by atoms with Crippen LogP contribution in [-0.4, -0.2) is 34.2 Å². The molecule has 0 saturated heterocycles. The smallest absolute Gasteiger partial charge is 0.337 e. The Kier molecular flexibility index (Phi) is 4.30. The van der Waals surface area contributed by atoms with E-state index in [1.165, 1.54) is 37.6 Å². The first-order valence-electron chi connectivity index (χ1n) is 6.09. The Morgan fingerprint density at radius 1 is 1.29 bits per heavy atom. The molecule has 1 aromatic carbocycles. The first kappa shape index (κ1) is 14.7. The van der Waals surface area contributed by atoms with Gasteiger partial charge in [-0.2, -0.15) is 0 Å². The second-order valence-corrected chi connectivity index (χ2v) is 4.23. The molecule has 0 radical (unpaired) electrons. The van der Waals surface area contributed by atoms with Crippen molar-refractivity contribution in [1.82, 2.24) is 4.98 Å². The summed E-state index contributed by atoms with van der Waals surface area (Å²) in [6, 6.07) is 7.46. The van der Waals surface area contributed by atoms with Crippen LogP contribution in [-0.2, 0) is 11.3 Å². The molecule has 0 amide bonds.